The fraction of sp³-hybridized carbons (Fsp3) is 0.684. The highest BCUT2D eigenvalue weighted by molar-refractivity contribution is 5.56. The molecule has 0 amide bonds. The summed E-state index contributed by atoms with van der Waals surface area (Å²) in [5.74, 6) is 0.826. The van der Waals surface area contributed by atoms with Crippen LogP contribution in [0.1, 0.15) is 50.7 Å². The smallest absolute Gasteiger partial charge is 0.0377 e. The number of piperidine rings is 1. The Hall–Kier alpha value is -1.02. The van der Waals surface area contributed by atoms with Gasteiger partial charge in [0.1, 0.15) is 0 Å². The van der Waals surface area contributed by atoms with Crippen molar-refractivity contribution in [1.29, 1.82) is 0 Å². The minimum Gasteiger partial charge on any atom is -0.382 e. The van der Waals surface area contributed by atoms with E-state index < -0.39 is 0 Å². The van der Waals surface area contributed by atoms with Crippen LogP contribution in [0.4, 0.5) is 5.69 Å². The fourth-order valence-electron chi connectivity index (χ4n) is 4.05. The van der Waals surface area contributed by atoms with Crippen molar-refractivity contribution in [2.24, 2.45) is 5.92 Å². The van der Waals surface area contributed by atoms with Gasteiger partial charge in [0, 0.05) is 11.7 Å². The van der Waals surface area contributed by atoms with Crippen molar-refractivity contribution in [3.63, 3.8) is 0 Å². The molecular formula is C19H30N2. The van der Waals surface area contributed by atoms with Crippen LogP contribution in [0, 0.1) is 5.92 Å². The Kier molecular flexibility index (Phi) is 4.84. The molecular weight excluding hydrogens is 256 g/mol. The highest BCUT2D eigenvalue weighted by Crippen LogP contribution is 2.30. The highest BCUT2D eigenvalue weighted by Gasteiger charge is 2.24. The van der Waals surface area contributed by atoms with Crippen molar-refractivity contribution in [2.45, 2.75) is 58.4 Å². The second kappa shape index (κ2) is 6.83. The van der Waals surface area contributed by atoms with Gasteiger partial charge < -0.3 is 10.2 Å². The van der Waals surface area contributed by atoms with Crippen LogP contribution in [0.3, 0.4) is 0 Å². The molecule has 116 valence electrons. The number of anilines is 1. The summed E-state index contributed by atoms with van der Waals surface area (Å²) < 4.78 is 0. The summed E-state index contributed by atoms with van der Waals surface area (Å²) in [7, 11) is 0. The van der Waals surface area contributed by atoms with Gasteiger partial charge in [0.25, 0.3) is 0 Å². The van der Waals surface area contributed by atoms with E-state index in [2.05, 4.69) is 42.3 Å². The molecule has 1 aromatic carbocycles. The zero-order valence-electron chi connectivity index (χ0n) is 13.7. The van der Waals surface area contributed by atoms with Crippen LogP contribution in [0.25, 0.3) is 0 Å². The van der Waals surface area contributed by atoms with Gasteiger partial charge in [0.05, 0.1) is 0 Å². The molecule has 1 unspecified atom stereocenters. The number of hydrogen-bond acceptors (Lipinski definition) is 2. The predicted molar refractivity (Wildman–Crippen MR) is 91.0 cm³/mol. The molecule has 21 heavy (non-hydrogen) atoms. The lowest BCUT2D eigenvalue weighted by Gasteiger charge is -2.35. The third-order valence-electron chi connectivity index (χ3n) is 5.57. The van der Waals surface area contributed by atoms with Crippen LogP contribution >= 0.6 is 0 Å². The van der Waals surface area contributed by atoms with E-state index in [1.165, 1.54) is 63.8 Å². The third kappa shape index (κ3) is 3.42. The van der Waals surface area contributed by atoms with Crippen LogP contribution < -0.4 is 5.32 Å². The molecule has 1 atom stereocenters. The number of nitrogens with zero attached hydrogens (tertiary/aromatic N) is 1. The topological polar surface area (TPSA) is 15.3 Å². The Balaban J connectivity index is 1.64. The van der Waals surface area contributed by atoms with Crippen molar-refractivity contribution in [3.8, 4) is 0 Å². The molecule has 2 heteroatoms. The summed E-state index contributed by atoms with van der Waals surface area (Å²) in [5.41, 5.74) is 4.60. The van der Waals surface area contributed by atoms with Gasteiger partial charge in [-0.25, -0.2) is 0 Å². The molecule has 0 bridgehead atoms. The quantitative estimate of drug-likeness (QED) is 0.896. The van der Waals surface area contributed by atoms with E-state index in [0.29, 0.717) is 6.04 Å². The summed E-state index contributed by atoms with van der Waals surface area (Å²) >= 11 is 0. The maximum absolute atomic E-state index is 3.85. The van der Waals surface area contributed by atoms with Gasteiger partial charge in [0.15, 0.2) is 0 Å². The Morgan fingerprint density at radius 1 is 1.19 bits per heavy atom. The van der Waals surface area contributed by atoms with Crippen molar-refractivity contribution in [2.75, 3.05) is 25.0 Å². The summed E-state index contributed by atoms with van der Waals surface area (Å²) in [4.78, 5) is 2.58. The van der Waals surface area contributed by atoms with E-state index in [1.807, 2.05) is 0 Å². The van der Waals surface area contributed by atoms with Gasteiger partial charge in [-0.15, -0.1) is 0 Å². The molecule has 2 aliphatic rings. The lowest BCUT2D eigenvalue weighted by molar-refractivity contribution is 0.183. The first-order valence-corrected chi connectivity index (χ1v) is 8.87. The van der Waals surface area contributed by atoms with Crippen LogP contribution in [-0.2, 0) is 12.8 Å². The molecule has 0 radical (unpaired) electrons. The number of aryl methyl sites for hydroxylation is 1. The fourth-order valence-corrected chi connectivity index (χ4v) is 4.05. The Morgan fingerprint density at radius 2 is 1.95 bits per heavy atom. The first-order valence-electron chi connectivity index (χ1n) is 8.87. The Labute approximate surface area is 129 Å². The normalized spacial score (nSPS) is 21.8. The average molecular weight is 286 g/mol. The maximum Gasteiger partial charge on any atom is 0.0377 e. The van der Waals surface area contributed by atoms with Crippen molar-refractivity contribution < 1.29 is 0 Å². The highest BCUT2D eigenvalue weighted by atomic mass is 15.1. The molecule has 1 N–H and O–H groups in total. The average Bonchev–Trinajstić information content (AvgIpc) is 2.55. The summed E-state index contributed by atoms with van der Waals surface area (Å²) in [5, 5.41) is 3.85. The van der Waals surface area contributed by atoms with Gasteiger partial charge in [-0.05, 0) is 88.2 Å². The van der Waals surface area contributed by atoms with Gasteiger partial charge in [0.2, 0.25) is 0 Å². The van der Waals surface area contributed by atoms with Crippen molar-refractivity contribution in [3.05, 3.63) is 29.3 Å². The van der Waals surface area contributed by atoms with Gasteiger partial charge in [-0.3, -0.25) is 0 Å². The van der Waals surface area contributed by atoms with Gasteiger partial charge in [-0.2, -0.15) is 0 Å². The molecule has 0 spiro atoms. The molecule has 1 fully saturated rings. The minimum absolute atomic E-state index is 0.595. The van der Waals surface area contributed by atoms with E-state index in [4.69, 9.17) is 0 Å². The van der Waals surface area contributed by atoms with E-state index in [0.717, 1.165) is 5.92 Å². The lowest BCUT2D eigenvalue weighted by Crippen LogP contribution is -2.39. The Bertz CT molecular complexity index is 461. The van der Waals surface area contributed by atoms with Crippen molar-refractivity contribution in [1.82, 2.24) is 4.90 Å². The zero-order chi connectivity index (χ0) is 14.7. The number of rotatable bonds is 4. The minimum atomic E-state index is 0.595. The molecule has 3 rings (SSSR count). The number of likely N-dealkylation sites (tertiary alicyclic amines) is 1. The zero-order valence-corrected chi connectivity index (χ0v) is 13.7. The first-order chi connectivity index (χ1) is 10.3. The molecule has 1 saturated heterocycles. The number of benzene rings is 1. The largest absolute Gasteiger partial charge is 0.382 e. The van der Waals surface area contributed by atoms with Gasteiger partial charge in [-0.1, -0.05) is 19.1 Å². The molecule has 0 saturated carbocycles. The van der Waals surface area contributed by atoms with Crippen LogP contribution in [0.15, 0.2) is 18.2 Å². The number of nitrogens with one attached hydrogen (secondary N) is 1. The molecule has 1 aliphatic heterocycles. The maximum atomic E-state index is 3.85. The van der Waals surface area contributed by atoms with Gasteiger partial charge >= 0.3 is 0 Å². The number of fused-ring (bicyclic) bond motifs is 1. The SMILES string of the molecule is CCN1CCC(C(C)Nc2cccc3c2CCCC3)CC1. The summed E-state index contributed by atoms with van der Waals surface area (Å²) in [6, 6.07) is 7.45. The first kappa shape index (κ1) is 14.9. The van der Waals surface area contributed by atoms with Crippen molar-refractivity contribution >= 4 is 5.69 Å². The standard InChI is InChI=1S/C19H30N2/c1-3-21-13-11-16(12-14-21)15(2)20-19-10-6-8-17-7-4-5-9-18(17)19/h6,8,10,15-16,20H,3-5,7,9,11-14H2,1-2H3. The van der Waals surface area contributed by atoms with Crippen LogP contribution in [0.5, 0.6) is 0 Å². The lowest BCUT2D eigenvalue weighted by atomic mass is 9.88. The summed E-state index contributed by atoms with van der Waals surface area (Å²) in [6.07, 6.45) is 7.94. The Morgan fingerprint density at radius 3 is 2.71 bits per heavy atom. The summed E-state index contributed by atoms with van der Waals surface area (Å²) in [6.45, 7) is 8.42. The van der Waals surface area contributed by atoms with E-state index >= 15 is 0 Å². The second-order valence-corrected chi connectivity index (χ2v) is 6.86. The van der Waals surface area contributed by atoms with Crippen LogP contribution in [-0.4, -0.2) is 30.6 Å². The third-order valence-corrected chi connectivity index (χ3v) is 5.57. The molecule has 1 aliphatic carbocycles. The number of hydrogen-bond donors (Lipinski definition) is 1. The molecule has 0 aromatic heterocycles. The van der Waals surface area contributed by atoms with E-state index in [-0.39, 0.29) is 0 Å². The molecule has 1 aromatic rings. The monoisotopic (exact) mass is 286 g/mol. The van der Waals surface area contributed by atoms with E-state index in [1.54, 1.807) is 11.1 Å². The van der Waals surface area contributed by atoms with E-state index in [9.17, 15) is 0 Å². The molecule has 1 heterocycles. The molecule has 2 nitrogen and oxygen atoms in total. The second-order valence-electron chi connectivity index (χ2n) is 6.86. The predicted octanol–water partition coefficient (Wildman–Crippen LogP) is 4.10. The van der Waals surface area contributed by atoms with Crippen LogP contribution in [0.2, 0.25) is 0 Å².